The summed E-state index contributed by atoms with van der Waals surface area (Å²) in [5.74, 6) is -3.71. The smallest absolute Gasteiger partial charge is 0.308 e. The molecule has 0 heterocycles. The van der Waals surface area contributed by atoms with Crippen LogP contribution in [0.5, 0.6) is 23.0 Å². The predicted octanol–water partition coefficient (Wildman–Crippen LogP) is 3.00. The van der Waals surface area contributed by atoms with E-state index in [2.05, 4.69) is 0 Å². The first kappa shape index (κ1) is 21.3. The minimum Gasteiger partial charge on any atom is -0.493 e. The summed E-state index contributed by atoms with van der Waals surface area (Å²) in [6, 6.07) is 10.3. The predicted molar refractivity (Wildman–Crippen MR) is 107 cm³/mol. The number of aliphatic carboxylic acids is 2. The molecular formula is C22H24O8. The molecule has 0 amide bonds. The molecule has 1 aliphatic carbocycles. The zero-order valence-electron chi connectivity index (χ0n) is 17.1. The van der Waals surface area contributed by atoms with E-state index in [1.807, 2.05) is 0 Å². The van der Waals surface area contributed by atoms with Gasteiger partial charge in [0, 0.05) is 11.8 Å². The van der Waals surface area contributed by atoms with Gasteiger partial charge < -0.3 is 29.2 Å². The molecule has 8 heteroatoms. The largest absolute Gasteiger partial charge is 0.493 e. The minimum absolute atomic E-state index is 0.448. The lowest BCUT2D eigenvalue weighted by Crippen LogP contribution is -2.51. The molecule has 0 spiro atoms. The van der Waals surface area contributed by atoms with E-state index in [0.29, 0.717) is 34.1 Å². The van der Waals surface area contributed by atoms with E-state index in [-0.39, 0.29) is 0 Å². The normalized spacial score (nSPS) is 22.5. The minimum atomic E-state index is -1.15. The van der Waals surface area contributed by atoms with E-state index in [1.165, 1.54) is 28.4 Å². The fourth-order valence-corrected chi connectivity index (χ4v) is 4.31. The van der Waals surface area contributed by atoms with Gasteiger partial charge in [0.05, 0.1) is 40.3 Å². The third kappa shape index (κ3) is 3.49. The van der Waals surface area contributed by atoms with Gasteiger partial charge in [0.25, 0.3) is 0 Å². The average molecular weight is 416 g/mol. The van der Waals surface area contributed by atoms with Gasteiger partial charge in [-0.25, -0.2) is 0 Å². The number of benzene rings is 2. The molecule has 0 aliphatic heterocycles. The zero-order valence-corrected chi connectivity index (χ0v) is 17.1. The molecule has 1 aliphatic rings. The lowest BCUT2D eigenvalue weighted by Gasteiger charge is -2.48. The second-order valence-corrected chi connectivity index (χ2v) is 7.01. The molecule has 1 fully saturated rings. The van der Waals surface area contributed by atoms with Crippen molar-refractivity contribution in [3.05, 3.63) is 47.5 Å². The van der Waals surface area contributed by atoms with Gasteiger partial charge in [-0.05, 0) is 35.4 Å². The van der Waals surface area contributed by atoms with Gasteiger partial charge in [-0.2, -0.15) is 0 Å². The molecule has 1 saturated carbocycles. The Labute approximate surface area is 173 Å². The van der Waals surface area contributed by atoms with E-state index in [9.17, 15) is 19.8 Å². The van der Waals surface area contributed by atoms with Crippen LogP contribution in [0.2, 0.25) is 0 Å². The average Bonchev–Trinajstić information content (AvgIpc) is 2.72. The van der Waals surface area contributed by atoms with Crippen molar-refractivity contribution in [2.45, 2.75) is 11.8 Å². The number of carboxylic acids is 2. The van der Waals surface area contributed by atoms with E-state index in [1.54, 1.807) is 36.4 Å². The first-order chi connectivity index (χ1) is 14.4. The number of rotatable bonds is 8. The van der Waals surface area contributed by atoms with E-state index >= 15 is 0 Å². The zero-order chi connectivity index (χ0) is 22.0. The molecule has 0 aromatic heterocycles. The Morgan fingerprint density at radius 3 is 1.23 bits per heavy atom. The Kier molecular flexibility index (Phi) is 6.05. The SMILES string of the molecule is COc1ccc([C@@H]2[C@@H](C(=O)O)[C@@H](C(=O)O)[C@@H]2c2ccc(OC)c(OC)c2)cc1OC. The van der Waals surface area contributed by atoms with E-state index in [4.69, 9.17) is 18.9 Å². The summed E-state index contributed by atoms with van der Waals surface area (Å²) in [4.78, 5) is 24.0. The number of methoxy groups -OCH3 is 4. The second-order valence-electron chi connectivity index (χ2n) is 7.01. The number of hydrogen-bond acceptors (Lipinski definition) is 6. The van der Waals surface area contributed by atoms with E-state index < -0.39 is 35.6 Å². The van der Waals surface area contributed by atoms with Gasteiger partial charge in [0.15, 0.2) is 23.0 Å². The monoisotopic (exact) mass is 416 g/mol. The van der Waals surface area contributed by atoms with Gasteiger partial charge in [0.1, 0.15) is 0 Å². The quantitative estimate of drug-likeness (QED) is 0.676. The summed E-state index contributed by atoms with van der Waals surface area (Å²) in [7, 11) is 5.99. The maximum atomic E-state index is 12.0. The van der Waals surface area contributed by atoms with Crippen molar-refractivity contribution in [2.75, 3.05) is 28.4 Å². The van der Waals surface area contributed by atoms with Crippen molar-refractivity contribution in [1.82, 2.24) is 0 Å². The lowest BCUT2D eigenvalue weighted by molar-refractivity contribution is -0.164. The Bertz CT molecular complexity index is 877. The molecule has 4 atom stereocenters. The molecule has 2 aromatic rings. The van der Waals surface area contributed by atoms with Crippen molar-refractivity contribution in [3.63, 3.8) is 0 Å². The summed E-state index contributed by atoms with van der Waals surface area (Å²) in [5.41, 5.74) is 1.33. The Morgan fingerprint density at radius 2 is 0.967 bits per heavy atom. The molecule has 0 saturated heterocycles. The van der Waals surface area contributed by atoms with Gasteiger partial charge in [-0.1, -0.05) is 12.1 Å². The van der Waals surface area contributed by atoms with Crippen LogP contribution in [0, 0.1) is 11.8 Å². The number of ether oxygens (including phenoxy) is 4. The highest BCUT2D eigenvalue weighted by Gasteiger charge is 2.59. The van der Waals surface area contributed by atoms with Crippen LogP contribution in [0.1, 0.15) is 23.0 Å². The molecule has 8 nitrogen and oxygen atoms in total. The summed E-state index contributed by atoms with van der Waals surface area (Å²) < 4.78 is 21.2. The Morgan fingerprint density at radius 1 is 0.633 bits per heavy atom. The first-order valence-corrected chi connectivity index (χ1v) is 9.27. The molecular weight excluding hydrogens is 392 g/mol. The maximum Gasteiger partial charge on any atom is 0.308 e. The molecule has 0 bridgehead atoms. The van der Waals surface area contributed by atoms with Crippen LogP contribution in [0.15, 0.2) is 36.4 Å². The third-order valence-electron chi connectivity index (χ3n) is 5.70. The van der Waals surface area contributed by atoms with Gasteiger partial charge in [-0.3, -0.25) is 9.59 Å². The molecule has 30 heavy (non-hydrogen) atoms. The van der Waals surface area contributed by atoms with Crippen LogP contribution in [0.25, 0.3) is 0 Å². The molecule has 160 valence electrons. The maximum absolute atomic E-state index is 12.0. The molecule has 0 radical (unpaired) electrons. The second kappa shape index (κ2) is 8.52. The number of carbonyl (C=O) groups is 2. The Balaban J connectivity index is 2.13. The summed E-state index contributed by atoms with van der Waals surface area (Å²) in [5, 5.41) is 19.6. The highest BCUT2D eigenvalue weighted by molar-refractivity contribution is 5.85. The third-order valence-corrected chi connectivity index (χ3v) is 5.70. The van der Waals surface area contributed by atoms with Gasteiger partial charge in [0.2, 0.25) is 0 Å². The van der Waals surface area contributed by atoms with E-state index in [0.717, 1.165) is 0 Å². The Hall–Kier alpha value is -3.42. The molecule has 0 unspecified atom stereocenters. The molecule has 2 N–H and O–H groups in total. The highest BCUT2D eigenvalue weighted by atomic mass is 16.5. The fourth-order valence-electron chi connectivity index (χ4n) is 4.31. The summed E-state index contributed by atoms with van der Waals surface area (Å²) in [6.07, 6.45) is 0. The van der Waals surface area contributed by atoms with Crippen LogP contribution >= 0.6 is 0 Å². The van der Waals surface area contributed by atoms with Crippen molar-refractivity contribution >= 4 is 11.9 Å². The van der Waals surface area contributed by atoms with Crippen LogP contribution in [0.4, 0.5) is 0 Å². The van der Waals surface area contributed by atoms with Crippen LogP contribution in [-0.4, -0.2) is 50.6 Å². The summed E-state index contributed by atoms with van der Waals surface area (Å²) in [6.45, 7) is 0. The highest BCUT2D eigenvalue weighted by Crippen LogP contribution is 2.59. The first-order valence-electron chi connectivity index (χ1n) is 9.27. The van der Waals surface area contributed by atoms with Crippen molar-refractivity contribution in [2.24, 2.45) is 11.8 Å². The summed E-state index contributed by atoms with van der Waals surface area (Å²) >= 11 is 0. The van der Waals surface area contributed by atoms with Crippen LogP contribution in [0.3, 0.4) is 0 Å². The standard InChI is InChI=1S/C22H24O8/c1-27-13-7-5-11(9-15(13)29-3)17-18(20(22(25)26)19(17)21(23)24)12-6-8-14(28-2)16(10-12)30-4/h5-10,17-20H,1-4H3,(H,23,24)(H,25,26)/t17-,18+,19+,20-. The number of hydrogen-bond donors (Lipinski definition) is 2. The van der Waals surface area contributed by atoms with Gasteiger partial charge >= 0.3 is 11.9 Å². The molecule has 2 aromatic carbocycles. The topological polar surface area (TPSA) is 112 Å². The van der Waals surface area contributed by atoms with Gasteiger partial charge in [-0.15, -0.1) is 0 Å². The van der Waals surface area contributed by atoms with Crippen molar-refractivity contribution < 1.29 is 38.7 Å². The van der Waals surface area contributed by atoms with Crippen LogP contribution < -0.4 is 18.9 Å². The van der Waals surface area contributed by atoms with Crippen molar-refractivity contribution in [3.8, 4) is 23.0 Å². The van der Waals surface area contributed by atoms with Crippen LogP contribution in [-0.2, 0) is 9.59 Å². The van der Waals surface area contributed by atoms with Crippen molar-refractivity contribution in [1.29, 1.82) is 0 Å². The number of carboxylic acid groups (broad SMARTS) is 2. The lowest BCUT2D eigenvalue weighted by atomic mass is 9.52. The molecule has 3 rings (SSSR count). The fraction of sp³-hybridized carbons (Fsp3) is 0.364.